The minimum Gasteiger partial charge on any atom is -0.361 e. The Balaban J connectivity index is 1.90. The van der Waals surface area contributed by atoms with Crippen LogP contribution in [0.15, 0.2) is 30.5 Å². The Morgan fingerprint density at radius 3 is 2.86 bits per heavy atom. The van der Waals surface area contributed by atoms with Crippen molar-refractivity contribution in [2.45, 2.75) is 18.9 Å². The zero-order valence-corrected chi connectivity index (χ0v) is 12.0. The fourth-order valence-electron chi connectivity index (χ4n) is 2.19. The second kappa shape index (κ2) is 6.90. The van der Waals surface area contributed by atoms with Gasteiger partial charge in [-0.2, -0.15) is 0 Å². The number of carbonyl (C=O) groups is 2. The van der Waals surface area contributed by atoms with Gasteiger partial charge in [0.15, 0.2) is 0 Å². The standard InChI is InChI=1S/C15H20N4O2/c1-17-14(20)6-7-18-15(21)12(16)8-10-9-19-13-5-3-2-4-11(10)13/h2-5,9,12,19H,6-8,16H2,1H3,(H,17,20)(H,18,21)/t12-/m0/s1. The zero-order chi connectivity index (χ0) is 15.2. The maximum atomic E-state index is 11.9. The summed E-state index contributed by atoms with van der Waals surface area (Å²) in [4.78, 5) is 26.1. The average molecular weight is 288 g/mol. The Hall–Kier alpha value is -2.34. The molecule has 5 N–H and O–H groups in total. The highest BCUT2D eigenvalue weighted by atomic mass is 16.2. The van der Waals surface area contributed by atoms with E-state index in [9.17, 15) is 9.59 Å². The van der Waals surface area contributed by atoms with Gasteiger partial charge in [-0.15, -0.1) is 0 Å². The summed E-state index contributed by atoms with van der Waals surface area (Å²) in [5, 5.41) is 6.25. The van der Waals surface area contributed by atoms with E-state index in [1.807, 2.05) is 30.5 Å². The second-order valence-corrected chi connectivity index (χ2v) is 4.88. The summed E-state index contributed by atoms with van der Waals surface area (Å²) in [6.07, 6.45) is 2.58. The molecular weight excluding hydrogens is 268 g/mol. The normalized spacial score (nSPS) is 12.1. The number of rotatable bonds is 6. The highest BCUT2D eigenvalue weighted by molar-refractivity contribution is 5.86. The third-order valence-electron chi connectivity index (χ3n) is 3.38. The zero-order valence-electron chi connectivity index (χ0n) is 12.0. The van der Waals surface area contributed by atoms with E-state index in [0.717, 1.165) is 16.5 Å². The van der Waals surface area contributed by atoms with Crippen molar-refractivity contribution in [3.8, 4) is 0 Å². The van der Waals surface area contributed by atoms with E-state index >= 15 is 0 Å². The molecule has 0 radical (unpaired) electrons. The number of aromatic nitrogens is 1. The number of benzene rings is 1. The van der Waals surface area contributed by atoms with Gasteiger partial charge in [0.05, 0.1) is 6.04 Å². The smallest absolute Gasteiger partial charge is 0.237 e. The minimum absolute atomic E-state index is 0.111. The van der Waals surface area contributed by atoms with Gasteiger partial charge >= 0.3 is 0 Å². The molecule has 2 amide bonds. The van der Waals surface area contributed by atoms with Gasteiger partial charge in [0.2, 0.25) is 11.8 Å². The first-order valence-electron chi connectivity index (χ1n) is 6.90. The molecule has 6 heteroatoms. The van der Waals surface area contributed by atoms with Crippen molar-refractivity contribution in [3.63, 3.8) is 0 Å². The first-order chi connectivity index (χ1) is 10.1. The van der Waals surface area contributed by atoms with Gasteiger partial charge in [0.25, 0.3) is 0 Å². The van der Waals surface area contributed by atoms with Crippen molar-refractivity contribution in [2.24, 2.45) is 5.73 Å². The van der Waals surface area contributed by atoms with Crippen LogP contribution < -0.4 is 16.4 Å². The topological polar surface area (TPSA) is 100 Å². The maximum Gasteiger partial charge on any atom is 0.237 e. The summed E-state index contributed by atoms with van der Waals surface area (Å²) in [5.41, 5.74) is 7.96. The summed E-state index contributed by atoms with van der Waals surface area (Å²) in [5.74, 6) is -0.357. The highest BCUT2D eigenvalue weighted by Gasteiger charge is 2.16. The molecule has 1 heterocycles. The van der Waals surface area contributed by atoms with Gasteiger partial charge in [0.1, 0.15) is 0 Å². The van der Waals surface area contributed by atoms with E-state index in [1.54, 1.807) is 7.05 Å². The number of para-hydroxylation sites is 1. The van der Waals surface area contributed by atoms with Gasteiger partial charge in [0, 0.05) is 37.1 Å². The highest BCUT2D eigenvalue weighted by Crippen LogP contribution is 2.18. The molecule has 6 nitrogen and oxygen atoms in total. The van der Waals surface area contributed by atoms with Gasteiger partial charge in [-0.3, -0.25) is 9.59 Å². The number of hydrogen-bond donors (Lipinski definition) is 4. The van der Waals surface area contributed by atoms with E-state index in [0.29, 0.717) is 13.0 Å². The van der Waals surface area contributed by atoms with E-state index in [2.05, 4.69) is 15.6 Å². The van der Waals surface area contributed by atoms with E-state index in [4.69, 9.17) is 5.73 Å². The molecule has 0 fully saturated rings. The molecule has 21 heavy (non-hydrogen) atoms. The van der Waals surface area contributed by atoms with Crippen molar-refractivity contribution in [3.05, 3.63) is 36.0 Å². The molecule has 1 aromatic heterocycles. The molecule has 2 rings (SSSR count). The number of nitrogens with two attached hydrogens (primary N) is 1. The van der Waals surface area contributed by atoms with Crippen LogP contribution >= 0.6 is 0 Å². The molecule has 112 valence electrons. The minimum atomic E-state index is -0.631. The third kappa shape index (κ3) is 3.82. The Labute approximate surface area is 123 Å². The van der Waals surface area contributed by atoms with Gasteiger partial charge in [-0.1, -0.05) is 18.2 Å². The van der Waals surface area contributed by atoms with Crippen LogP contribution in [0.5, 0.6) is 0 Å². The average Bonchev–Trinajstić information content (AvgIpc) is 2.90. The summed E-state index contributed by atoms with van der Waals surface area (Å²) in [7, 11) is 1.56. The van der Waals surface area contributed by atoms with E-state index < -0.39 is 6.04 Å². The van der Waals surface area contributed by atoms with Crippen molar-refractivity contribution >= 4 is 22.7 Å². The molecule has 0 unspecified atom stereocenters. The molecular formula is C15H20N4O2. The lowest BCUT2D eigenvalue weighted by atomic mass is 10.1. The maximum absolute atomic E-state index is 11.9. The van der Waals surface area contributed by atoms with Crippen LogP contribution in [0, 0.1) is 0 Å². The van der Waals surface area contributed by atoms with E-state index in [1.165, 1.54) is 0 Å². The third-order valence-corrected chi connectivity index (χ3v) is 3.38. The molecule has 1 aromatic carbocycles. The number of H-pyrrole nitrogens is 1. The monoisotopic (exact) mass is 288 g/mol. The SMILES string of the molecule is CNC(=O)CCNC(=O)[C@@H](N)Cc1c[nH]c2ccccc12. The fourth-order valence-corrected chi connectivity index (χ4v) is 2.19. The summed E-state index contributed by atoms with van der Waals surface area (Å²) in [6, 6.07) is 7.25. The van der Waals surface area contributed by atoms with E-state index in [-0.39, 0.29) is 18.2 Å². The number of nitrogens with one attached hydrogen (secondary N) is 3. The van der Waals surface area contributed by atoms with Crippen LogP contribution in [0.2, 0.25) is 0 Å². The molecule has 0 spiro atoms. The Morgan fingerprint density at radius 2 is 2.10 bits per heavy atom. The number of amides is 2. The predicted molar refractivity (Wildman–Crippen MR) is 81.7 cm³/mol. The van der Waals surface area contributed by atoms with Crippen molar-refractivity contribution < 1.29 is 9.59 Å². The molecule has 2 aromatic rings. The fraction of sp³-hybridized carbons (Fsp3) is 0.333. The Morgan fingerprint density at radius 1 is 1.33 bits per heavy atom. The number of hydrogen-bond acceptors (Lipinski definition) is 3. The summed E-state index contributed by atoms with van der Waals surface area (Å²) in [6.45, 7) is 0.292. The molecule has 1 atom stereocenters. The lowest BCUT2D eigenvalue weighted by molar-refractivity contribution is -0.123. The number of carbonyl (C=O) groups excluding carboxylic acids is 2. The summed E-state index contributed by atoms with van der Waals surface area (Å²) < 4.78 is 0. The van der Waals surface area contributed by atoms with Gasteiger partial charge < -0.3 is 21.4 Å². The summed E-state index contributed by atoms with van der Waals surface area (Å²) >= 11 is 0. The first-order valence-corrected chi connectivity index (χ1v) is 6.90. The molecule has 0 aliphatic carbocycles. The van der Waals surface area contributed by atoms with Gasteiger partial charge in [-0.05, 0) is 18.1 Å². The Bertz CT molecular complexity index is 635. The first kappa shape index (κ1) is 15.1. The largest absolute Gasteiger partial charge is 0.361 e. The van der Waals surface area contributed by atoms with Crippen LogP contribution in [0.1, 0.15) is 12.0 Å². The molecule has 0 aliphatic heterocycles. The van der Waals surface area contributed by atoms with Crippen molar-refractivity contribution in [1.29, 1.82) is 0 Å². The van der Waals surface area contributed by atoms with Crippen LogP contribution in [0.25, 0.3) is 10.9 Å². The van der Waals surface area contributed by atoms with Gasteiger partial charge in [-0.25, -0.2) is 0 Å². The quantitative estimate of drug-likeness (QED) is 0.614. The lowest BCUT2D eigenvalue weighted by Crippen LogP contribution is -2.43. The second-order valence-electron chi connectivity index (χ2n) is 4.88. The van der Waals surface area contributed by atoms with Crippen molar-refractivity contribution in [2.75, 3.05) is 13.6 Å². The van der Waals surface area contributed by atoms with Crippen LogP contribution in [-0.4, -0.2) is 36.4 Å². The predicted octanol–water partition coefficient (Wildman–Crippen LogP) is 0.290. The molecule has 0 saturated carbocycles. The van der Waals surface area contributed by atoms with Crippen LogP contribution in [-0.2, 0) is 16.0 Å². The number of aromatic amines is 1. The molecule has 0 aliphatic rings. The van der Waals surface area contributed by atoms with Crippen molar-refractivity contribution in [1.82, 2.24) is 15.6 Å². The molecule has 0 bridgehead atoms. The molecule has 0 saturated heterocycles. The van der Waals surface area contributed by atoms with Crippen LogP contribution in [0.3, 0.4) is 0 Å². The number of fused-ring (bicyclic) bond motifs is 1. The lowest BCUT2D eigenvalue weighted by Gasteiger charge is -2.11. The van der Waals surface area contributed by atoms with Crippen LogP contribution in [0.4, 0.5) is 0 Å². The Kier molecular flexibility index (Phi) is 4.94.